The molecule has 1 aliphatic carbocycles. The van der Waals surface area contributed by atoms with Gasteiger partial charge >= 0.3 is 0 Å². The molecule has 0 atom stereocenters. The first-order chi connectivity index (χ1) is 5.62. The van der Waals surface area contributed by atoms with Gasteiger partial charge in [0.1, 0.15) is 17.1 Å². The van der Waals surface area contributed by atoms with Gasteiger partial charge in [0.15, 0.2) is 0 Å². The van der Waals surface area contributed by atoms with Gasteiger partial charge < -0.3 is 9.52 Å². The first-order valence-corrected chi connectivity index (χ1v) is 4.42. The Bertz CT molecular complexity index is 275. The second kappa shape index (κ2) is 2.36. The minimum atomic E-state index is -0.640. The number of hydrogen-bond acceptors (Lipinski definition) is 2. The average Bonchev–Trinajstić information content (AvgIpc) is 2.28. The van der Waals surface area contributed by atoms with E-state index < -0.39 is 5.60 Å². The van der Waals surface area contributed by atoms with Crippen molar-refractivity contribution in [3.8, 4) is 0 Å². The Labute approximate surface area is 72.2 Å². The smallest absolute Gasteiger partial charge is 0.136 e. The molecule has 1 aliphatic rings. The van der Waals surface area contributed by atoms with Crippen LogP contribution < -0.4 is 0 Å². The van der Waals surface area contributed by atoms with E-state index in [4.69, 9.17) is 4.42 Å². The molecule has 0 bridgehead atoms. The molecule has 0 radical (unpaired) electrons. The molecule has 1 N–H and O–H groups in total. The van der Waals surface area contributed by atoms with Crippen molar-refractivity contribution in [1.29, 1.82) is 0 Å². The number of hydrogen-bond donors (Lipinski definition) is 1. The van der Waals surface area contributed by atoms with Crippen molar-refractivity contribution in [2.45, 2.75) is 38.7 Å². The second-order valence-corrected chi connectivity index (χ2v) is 3.73. The fourth-order valence-corrected chi connectivity index (χ4v) is 1.56. The van der Waals surface area contributed by atoms with Gasteiger partial charge in [0.25, 0.3) is 0 Å². The highest BCUT2D eigenvalue weighted by Crippen LogP contribution is 2.42. The summed E-state index contributed by atoms with van der Waals surface area (Å²) in [5.74, 6) is 1.68. The Morgan fingerprint density at radius 3 is 2.42 bits per heavy atom. The van der Waals surface area contributed by atoms with Crippen LogP contribution in [-0.2, 0) is 5.60 Å². The molecule has 0 spiro atoms. The second-order valence-electron chi connectivity index (χ2n) is 3.73. The predicted octanol–water partition coefficient (Wildman–Crippen LogP) is 2.27. The molecule has 0 saturated heterocycles. The van der Waals surface area contributed by atoms with Crippen LogP contribution in [0.4, 0.5) is 0 Å². The summed E-state index contributed by atoms with van der Waals surface area (Å²) in [5, 5.41) is 9.93. The highest BCUT2D eigenvalue weighted by atomic mass is 16.4. The van der Waals surface area contributed by atoms with E-state index >= 15 is 0 Å². The van der Waals surface area contributed by atoms with Crippen LogP contribution in [0.5, 0.6) is 0 Å². The van der Waals surface area contributed by atoms with Crippen LogP contribution in [0.1, 0.15) is 36.3 Å². The molecule has 1 aromatic rings. The maximum absolute atomic E-state index is 9.93. The molecule has 1 fully saturated rings. The Morgan fingerprint density at radius 1 is 1.42 bits per heavy atom. The summed E-state index contributed by atoms with van der Waals surface area (Å²) in [4.78, 5) is 0. The monoisotopic (exact) mass is 166 g/mol. The summed E-state index contributed by atoms with van der Waals surface area (Å²) in [5.41, 5.74) is 0.490. The molecule has 1 aromatic heterocycles. The zero-order chi connectivity index (χ0) is 8.77. The normalized spacial score (nSPS) is 20.6. The summed E-state index contributed by atoms with van der Waals surface area (Å²) in [6, 6.07) is 1.95. The third-order valence-electron chi connectivity index (χ3n) is 2.81. The molecule has 1 saturated carbocycles. The Balaban J connectivity index is 2.34. The molecule has 2 heteroatoms. The first kappa shape index (κ1) is 7.87. The van der Waals surface area contributed by atoms with Gasteiger partial charge in [0.05, 0.1) is 0 Å². The van der Waals surface area contributed by atoms with Gasteiger partial charge in [-0.3, -0.25) is 0 Å². The fraction of sp³-hybridized carbons (Fsp3) is 0.600. The molecule has 66 valence electrons. The van der Waals surface area contributed by atoms with Crippen molar-refractivity contribution < 1.29 is 9.52 Å². The molecule has 0 aliphatic heterocycles. The van der Waals surface area contributed by atoms with Gasteiger partial charge in [-0.05, 0) is 44.7 Å². The standard InChI is InChI=1S/C10H14O2/c1-7-6-9(12-8(7)2)10(11)4-3-5-10/h6,11H,3-5H2,1-2H3. The number of aliphatic hydroxyl groups is 1. The SMILES string of the molecule is Cc1cc(C2(O)CCC2)oc1C. The highest BCUT2D eigenvalue weighted by Gasteiger charge is 2.39. The van der Waals surface area contributed by atoms with Gasteiger partial charge in [-0.15, -0.1) is 0 Å². The molecule has 0 aromatic carbocycles. The van der Waals surface area contributed by atoms with E-state index in [0.717, 1.165) is 36.3 Å². The molecule has 2 nitrogen and oxygen atoms in total. The van der Waals surface area contributed by atoms with Crippen LogP contribution in [0.15, 0.2) is 10.5 Å². The molecule has 0 unspecified atom stereocenters. The lowest BCUT2D eigenvalue weighted by Crippen LogP contribution is -2.33. The molecular formula is C10H14O2. The fourth-order valence-electron chi connectivity index (χ4n) is 1.56. The Hall–Kier alpha value is -0.760. The molecule has 0 amide bonds. The van der Waals surface area contributed by atoms with Gasteiger partial charge in [0, 0.05) is 0 Å². The maximum Gasteiger partial charge on any atom is 0.136 e. The van der Waals surface area contributed by atoms with Crippen LogP contribution in [-0.4, -0.2) is 5.11 Å². The summed E-state index contributed by atoms with van der Waals surface area (Å²) >= 11 is 0. The zero-order valence-electron chi connectivity index (χ0n) is 7.55. The number of aryl methyl sites for hydroxylation is 2. The molecule has 12 heavy (non-hydrogen) atoms. The first-order valence-electron chi connectivity index (χ1n) is 4.42. The van der Waals surface area contributed by atoms with Crippen LogP contribution in [0.2, 0.25) is 0 Å². The van der Waals surface area contributed by atoms with Crippen LogP contribution >= 0.6 is 0 Å². The summed E-state index contributed by atoms with van der Waals surface area (Å²) in [6.45, 7) is 3.94. The van der Waals surface area contributed by atoms with E-state index in [0.29, 0.717) is 0 Å². The third kappa shape index (κ3) is 0.985. The third-order valence-corrected chi connectivity index (χ3v) is 2.81. The van der Waals surface area contributed by atoms with E-state index in [1.165, 1.54) is 0 Å². The van der Waals surface area contributed by atoms with Gasteiger partial charge in [-0.25, -0.2) is 0 Å². The number of furan rings is 1. The van der Waals surface area contributed by atoms with Gasteiger partial charge in [-0.1, -0.05) is 0 Å². The van der Waals surface area contributed by atoms with Crippen molar-refractivity contribution in [2.75, 3.05) is 0 Å². The summed E-state index contributed by atoms with van der Waals surface area (Å²) in [7, 11) is 0. The van der Waals surface area contributed by atoms with Crippen molar-refractivity contribution in [2.24, 2.45) is 0 Å². The molecular weight excluding hydrogens is 152 g/mol. The van der Waals surface area contributed by atoms with Gasteiger partial charge in [-0.2, -0.15) is 0 Å². The van der Waals surface area contributed by atoms with E-state index in [-0.39, 0.29) is 0 Å². The van der Waals surface area contributed by atoms with E-state index in [9.17, 15) is 5.11 Å². The van der Waals surface area contributed by atoms with Crippen LogP contribution in [0, 0.1) is 13.8 Å². The highest BCUT2D eigenvalue weighted by molar-refractivity contribution is 5.24. The maximum atomic E-state index is 9.93. The minimum absolute atomic E-state index is 0.640. The minimum Gasteiger partial charge on any atom is -0.463 e. The van der Waals surface area contributed by atoms with E-state index in [1.54, 1.807) is 0 Å². The topological polar surface area (TPSA) is 33.4 Å². The van der Waals surface area contributed by atoms with E-state index in [2.05, 4.69) is 0 Å². The zero-order valence-corrected chi connectivity index (χ0v) is 7.55. The van der Waals surface area contributed by atoms with Gasteiger partial charge in [0.2, 0.25) is 0 Å². The quantitative estimate of drug-likeness (QED) is 0.694. The van der Waals surface area contributed by atoms with Crippen molar-refractivity contribution in [3.63, 3.8) is 0 Å². The number of rotatable bonds is 1. The lowest BCUT2D eigenvalue weighted by molar-refractivity contribution is -0.0570. The summed E-state index contributed by atoms with van der Waals surface area (Å²) < 4.78 is 5.47. The Morgan fingerprint density at radius 2 is 2.08 bits per heavy atom. The molecule has 1 heterocycles. The van der Waals surface area contributed by atoms with Crippen LogP contribution in [0.3, 0.4) is 0 Å². The summed E-state index contributed by atoms with van der Waals surface area (Å²) in [6.07, 6.45) is 2.80. The lowest BCUT2D eigenvalue weighted by atomic mass is 9.78. The van der Waals surface area contributed by atoms with Crippen LogP contribution in [0.25, 0.3) is 0 Å². The predicted molar refractivity (Wildman–Crippen MR) is 45.9 cm³/mol. The average molecular weight is 166 g/mol. The van der Waals surface area contributed by atoms with E-state index in [1.807, 2.05) is 19.9 Å². The van der Waals surface area contributed by atoms with Crippen molar-refractivity contribution in [3.05, 3.63) is 23.2 Å². The molecule has 2 rings (SSSR count). The van der Waals surface area contributed by atoms with Crippen molar-refractivity contribution in [1.82, 2.24) is 0 Å². The largest absolute Gasteiger partial charge is 0.463 e. The Kier molecular flexibility index (Phi) is 1.55. The lowest BCUT2D eigenvalue weighted by Gasteiger charge is -2.34. The van der Waals surface area contributed by atoms with Crippen molar-refractivity contribution >= 4 is 0 Å².